The second-order valence-electron chi connectivity index (χ2n) is 4.52. The summed E-state index contributed by atoms with van der Waals surface area (Å²) >= 11 is 0. The van der Waals surface area contributed by atoms with Gasteiger partial charge >= 0.3 is 0 Å². The van der Waals surface area contributed by atoms with E-state index in [0.29, 0.717) is 22.0 Å². The van der Waals surface area contributed by atoms with Crippen LogP contribution in [0.15, 0.2) is 58.2 Å². The van der Waals surface area contributed by atoms with Gasteiger partial charge in [-0.15, -0.1) is 0 Å². The molecule has 0 spiro atoms. The van der Waals surface area contributed by atoms with Gasteiger partial charge in [0.2, 0.25) is 10.0 Å². The number of H-pyrrole nitrogens is 1. The van der Waals surface area contributed by atoms with Gasteiger partial charge in [0.1, 0.15) is 0 Å². The average molecular weight is 301 g/mol. The van der Waals surface area contributed by atoms with E-state index >= 15 is 0 Å². The van der Waals surface area contributed by atoms with Crippen LogP contribution in [-0.2, 0) is 10.0 Å². The summed E-state index contributed by atoms with van der Waals surface area (Å²) in [7, 11) is -3.79. The lowest BCUT2D eigenvalue weighted by Crippen LogP contribution is -2.12. The maximum absolute atomic E-state index is 11.8. The number of aromatic nitrogens is 2. The summed E-state index contributed by atoms with van der Waals surface area (Å²) in [5, 5.41) is 12.7. The molecule has 0 aliphatic heterocycles. The fourth-order valence-corrected chi connectivity index (χ4v) is 2.71. The van der Waals surface area contributed by atoms with Crippen LogP contribution in [-0.4, -0.2) is 18.6 Å². The van der Waals surface area contributed by atoms with Gasteiger partial charge in [0.05, 0.1) is 16.0 Å². The number of rotatable bonds is 2. The molecule has 0 amide bonds. The van der Waals surface area contributed by atoms with Crippen molar-refractivity contribution in [3.05, 3.63) is 58.9 Å². The van der Waals surface area contributed by atoms with E-state index in [1.54, 1.807) is 36.4 Å². The number of nitrogens with one attached hydrogen (secondary N) is 1. The molecule has 106 valence electrons. The van der Waals surface area contributed by atoms with Crippen molar-refractivity contribution in [2.24, 2.45) is 5.14 Å². The van der Waals surface area contributed by atoms with E-state index in [2.05, 4.69) is 10.2 Å². The van der Waals surface area contributed by atoms with Gasteiger partial charge < -0.3 is 0 Å². The van der Waals surface area contributed by atoms with Crippen molar-refractivity contribution in [1.29, 1.82) is 0 Å². The maximum atomic E-state index is 11.8. The normalized spacial score (nSPS) is 11.7. The average Bonchev–Trinajstić information content (AvgIpc) is 2.47. The van der Waals surface area contributed by atoms with Crippen molar-refractivity contribution in [2.45, 2.75) is 4.90 Å². The molecule has 1 heterocycles. The van der Waals surface area contributed by atoms with Crippen molar-refractivity contribution >= 4 is 20.8 Å². The zero-order chi connectivity index (χ0) is 15.0. The van der Waals surface area contributed by atoms with Crippen LogP contribution in [0.3, 0.4) is 0 Å². The van der Waals surface area contributed by atoms with Crippen molar-refractivity contribution in [1.82, 2.24) is 10.2 Å². The SMILES string of the molecule is NS(=O)(=O)c1cccc(-c2n[nH]c(=O)c3ccccc23)c1. The predicted molar refractivity (Wildman–Crippen MR) is 79.2 cm³/mol. The van der Waals surface area contributed by atoms with Crippen LogP contribution in [0.25, 0.3) is 22.0 Å². The third-order valence-corrected chi connectivity index (χ3v) is 4.04. The maximum Gasteiger partial charge on any atom is 0.272 e. The van der Waals surface area contributed by atoms with Crippen LogP contribution in [0, 0.1) is 0 Å². The number of hydrogen-bond acceptors (Lipinski definition) is 4. The summed E-state index contributed by atoms with van der Waals surface area (Å²) in [6.07, 6.45) is 0. The number of nitrogens with zero attached hydrogens (tertiary/aromatic N) is 1. The van der Waals surface area contributed by atoms with Gasteiger partial charge in [0, 0.05) is 10.9 Å². The quantitative estimate of drug-likeness (QED) is 0.742. The van der Waals surface area contributed by atoms with E-state index in [-0.39, 0.29) is 10.5 Å². The Balaban J connectivity index is 2.32. The van der Waals surface area contributed by atoms with Gasteiger partial charge in [0.15, 0.2) is 0 Å². The van der Waals surface area contributed by atoms with E-state index in [9.17, 15) is 13.2 Å². The minimum atomic E-state index is -3.79. The lowest BCUT2D eigenvalue weighted by atomic mass is 10.1. The fourth-order valence-electron chi connectivity index (χ4n) is 2.16. The number of benzene rings is 2. The number of aromatic amines is 1. The highest BCUT2D eigenvalue weighted by atomic mass is 32.2. The monoisotopic (exact) mass is 301 g/mol. The van der Waals surface area contributed by atoms with Gasteiger partial charge in [-0.3, -0.25) is 4.79 Å². The summed E-state index contributed by atoms with van der Waals surface area (Å²) < 4.78 is 22.9. The molecular weight excluding hydrogens is 290 g/mol. The summed E-state index contributed by atoms with van der Waals surface area (Å²) in [5.74, 6) is 0. The molecule has 2 aromatic carbocycles. The molecular formula is C14H11N3O3S. The zero-order valence-corrected chi connectivity index (χ0v) is 11.6. The second-order valence-corrected chi connectivity index (χ2v) is 6.08. The molecule has 3 aromatic rings. The molecule has 0 atom stereocenters. The number of primary sulfonamides is 1. The molecule has 0 saturated carbocycles. The van der Waals surface area contributed by atoms with Crippen LogP contribution in [0.4, 0.5) is 0 Å². The molecule has 21 heavy (non-hydrogen) atoms. The van der Waals surface area contributed by atoms with Crippen molar-refractivity contribution in [2.75, 3.05) is 0 Å². The Labute approximate surface area is 120 Å². The summed E-state index contributed by atoms with van der Waals surface area (Å²) in [6, 6.07) is 13.1. The minimum absolute atomic E-state index is 0.00270. The summed E-state index contributed by atoms with van der Waals surface area (Å²) in [4.78, 5) is 11.8. The third kappa shape index (κ3) is 2.44. The standard InChI is InChI=1S/C14H11N3O3S/c15-21(19,20)10-5-3-4-9(8-10)13-11-6-1-2-7-12(11)14(18)17-16-13/h1-8H,(H,17,18)(H2,15,19,20). The second kappa shape index (κ2) is 4.80. The van der Waals surface area contributed by atoms with Gasteiger partial charge in [-0.05, 0) is 18.2 Å². The third-order valence-electron chi connectivity index (χ3n) is 3.13. The summed E-state index contributed by atoms with van der Waals surface area (Å²) in [6.45, 7) is 0. The first kappa shape index (κ1) is 13.5. The first-order chi connectivity index (χ1) is 9.97. The molecule has 0 fully saturated rings. The van der Waals surface area contributed by atoms with E-state index in [0.717, 1.165) is 0 Å². The number of fused-ring (bicyclic) bond motifs is 1. The number of sulfonamides is 1. The molecule has 0 radical (unpaired) electrons. The van der Waals surface area contributed by atoms with Gasteiger partial charge in [-0.1, -0.05) is 30.3 Å². The first-order valence-electron chi connectivity index (χ1n) is 6.07. The van der Waals surface area contributed by atoms with E-state index in [1.807, 2.05) is 0 Å². The van der Waals surface area contributed by atoms with Gasteiger partial charge in [0.25, 0.3) is 5.56 Å². The number of nitrogens with two attached hydrogens (primary N) is 1. The Morgan fingerprint density at radius 3 is 2.43 bits per heavy atom. The van der Waals surface area contributed by atoms with E-state index < -0.39 is 10.0 Å². The Kier molecular flexibility index (Phi) is 3.08. The predicted octanol–water partition coefficient (Wildman–Crippen LogP) is 1.24. The van der Waals surface area contributed by atoms with Crippen LogP contribution < -0.4 is 10.7 Å². The smallest absolute Gasteiger partial charge is 0.267 e. The van der Waals surface area contributed by atoms with Crippen LogP contribution in [0.1, 0.15) is 0 Å². The van der Waals surface area contributed by atoms with Crippen molar-refractivity contribution in [3.63, 3.8) is 0 Å². The molecule has 0 saturated heterocycles. The topological polar surface area (TPSA) is 106 Å². The molecule has 3 rings (SSSR count). The van der Waals surface area contributed by atoms with Crippen LogP contribution >= 0.6 is 0 Å². The minimum Gasteiger partial charge on any atom is -0.267 e. The van der Waals surface area contributed by atoms with E-state index in [4.69, 9.17) is 5.14 Å². The fraction of sp³-hybridized carbons (Fsp3) is 0. The number of hydrogen-bond donors (Lipinski definition) is 2. The van der Waals surface area contributed by atoms with Crippen LogP contribution in [0.2, 0.25) is 0 Å². The van der Waals surface area contributed by atoms with Crippen molar-refractivity contribution < 1.29 is 8.42 Å². The molecule has 0 bridgehead atoms. The summed E-state index contributed by atoms with van der Waals surface area (Å²) in [5.41, 5.74) is 0.765. The molecule has 7 heteroatoms. The molecule has 0 aliphatic carbocycles. The molecule has 3 N–H and O–H groups in total. The molecule has 6 nitrogen and oxygen atoms in total. The van der Waals surface area contributed by atoms with Crippen molar-refractivity contribution in [3.8, 4) is 11.3 Å². The Morgan fingerprint density at radius 1 is 1.00 bits per heavy atom. The zero-order valence-electron chi connectivity index (χ0n) is 10.8. The van der Waals surface area contributed by atoms with Gasteiger partial charge in [-0.2, -0.15) is 5.10 Å². The largest absolute Gasteiger partial charge is 0.272 e. The molecule has 0 unspecified atom stereocenters. The molecule has 0 aliphatic rings. The van der Waals surface area contributed by atoms with Crippen LogP contribution in [0.5, 0.6) is 0 Å². The van der Waals surface area contributed by atoms with Gasteiger partial charge in [-0.25, -0.2) is 18.7 Å². The Morgan fingerprint density at radius 2 is 1.71 bits per heavy atom. The highest BCUT2D eigenvalue weighted by molar-refractivity contribution is 7.89. The van der Waals surface area contributed by atoms with E-state index in [1.165, 1.54) is 12.1 Å². The molecule has 1 aromatic heterocycles. The lowest BCUT2D eigenvalue weighted by molar-refractivity contribution is 0.598. The highest BCUT2D eigenvalue weighted by Crippen LogP contribution is 2.25. The Hall–Kier alpha value is -2.51. The Bertz CT molecular complexity index is 994. The highest BCUT2D eigenvalue weighted by Gasteiger charge is 2.12. The first-order valence-corrected chi connectivity index (χ1v) is 7.62. The lowest BCUT2D eigenvalue weighted by Gasteiger charge is -2.06.